The number of rotatable bonds is 6. The number of aliphatic imine (C=N–C) groups is 1. The number of benzene rings is 1. The molecule has 0 amide bonds. The molecule has 25 heavy (non-hydrogen) atoms. The smallest absolute Gasteiger partial charge is 0.133 e. The molecule has 2 aromatic rings. The summed E-state index contributed by atoms with van der Waals surface area (Å²) in [5.74, 6) is -0.283. The molecule has 0 saturated heterocycles. The molecule has 0 radical (unpaired) electrons. The molecule has 132 valence electrons. The molecule has 0 saturated carbocycles. The third kappa shape index (κ3) is 4.85. The minimum absolute atomic E-state index is 0.283. The second-order valence-electron chi connectivity index (χ2n) is 5.98. The summed E-state index contributed by atoms with van der Waals surface area (Å²) in [4.78, 5) is 9.37. The van der Waals surface area contributed by atoms with E-state index in [1.807, 2.05) is 44.3 Å². The molecule has 0 atom stereocenters. The van der Waals surface area contributed by atoms with Crippen LogP contribution in [0.4, 0.5) is 4.39 Å². The number of aryl methyl sites for hydroxylation is 1. The first kappa shape index (κ1) is 19.5. The van der Waals surface area contributed by atoms with Crippen molar-refractivity contribution in [1.29, 1.82) is 0 Å². The van der Waals surface area contributed by atoms with Crippen molar-refractivity contribution < 1.29 is 4.39 Å². The van der Waals surface area contributed by atoms with Gasteiger partial charge in [-0.2, -0.15) is 0 Å². The van der Waals surface area contributed by atoms with Gasteiger partial charge in [-0.15, -0.1) is 0 Å². The first-order valence-electron chi connectivity index (χ1n) is 8.63. The van der Waals surface area contributed by atoms with Gasteiger partial charge in [-0.1, -0.05) is 41.9 Å². The second kappa shape index (κ2) is 9.04. The Bertz CT molecular complexity index is 792. The maximum atomic E-state index is 14.4. The van der Waals surface area contributed by atoms with Gasteiger partial charge in [0.25, 0.3) is 0 Å². The third-order valence-electron chi connectivity index (χ3n) is 4.26. The molecule has 0 aliphatic carbocycles. The van der Waals surface area contributed by atoms with Gasteiger partial charge in [0, 0.05) is 27.9 Å². The highest BCUT2D eigenvalue weighted by atomic mass is 79.9. The normalized spacial score (nSPS) is 12.4. The summed E-state index contributed by atoms with van der Waals surface area (Å²) in [6.45, 7) is 8.19. The van der Waals surface area contributed by atoms with Crippen LogP contribution >= 0.6 is 15.9 Å². The molecule has 2 rings (SSSR count). The van der Waals surface area contributed by atoms with Crippen LogP contribution in [0.5, 0.6) is 0 Å². The zero-order chi connectivity index (χ0) is 18.4. The fraction of sp³-hybridized carbons (Fsp3) is 0.333. The Morgan fingerprint density at radius 1 is 1.24 bits per heavy atom. The van der Waals surface area contributed by atoms with Crippen LogP contribution in [0.3, 0.4) is 0 Å². The number of hydrogen-bond donors (Lipinski definition) is 0. The zero-order valence-electron chi connectivity index (χ0n) is 15.2. The summed E-state index contributed by atoms with van der Waals surface area (Å²) in [6.07, 6.45) is 5.91. The van der Waals surface area contributed by atoms with E-state index < -0.39 is 0 Å². The van der Waals surface area contributed by atoms with Crippen LogP contribution in [0.1, 0.15) is 44.9 Å². The summed E-state index contributed by atoms with van der Waals surface area (Å²) in [6, 6.07) is 9.32. The van der Waals surface area contributed by atoms with Gasteiger partial charge in [-0.3, -0.25) is 4.99 Å². The van der Waals surface area contributed by atoms with E-state index >= 15 is 0 Å². The van der Waals surface area contributed by atoms with Crippen LogP contribution in [0.2, 0.25) is 0 Å². The number of allylic oxidation sites excluding steroid dienone is 2. The minimum atomic E-state index is -0.283. The largest absolute Gasteiger partial charge is 0.289 e. The van der Waals surface area contributed by atoms with Crippen molar-refractivity contribution in [3.05, 3.63) is 58.0 Å². The SMILES string of the molecule is CC=C(C=NC(CC)CC)c1ccc(C)c(-c2ccc(Br)cc2F)n1. The highest BCUT2D eigenvalue weighted by Gasteiger charge is 2.12. The highest BCUT2D eigenvalue weighted by molar-refractivity contribution is 9.10. The minimum Gasteiger partial charge on any atom is -0.289 e. The predicted molar refractivity (Wildman–Crippen MR) is 109 cm³/mol. The van der Waals surface area contributed by atoms with E-state index in [-0.39, 0.29) is 5.82 Å². The van der Waals surface area contributed by atoms with Gasteiger partial charge >= 0.3 is 0 Å². The summed E-state index contributed by atoms with van der Waals surface area (Å²) >= 11 is 3.30. The quantitative estimate of drug-likeness (QED) is 0.498. The molecule has 1 heterocycles. The Labute approximate surface area is 158 Å². The highest BCUT2D eigenvalue weighted by Crippen LogP contribution is 2.28. The maximum absolute atomic E-state index is 14.4. The Morgan fingerprint density at radius 3 is 2.56 bits per heavy atom. The molecule has 0 bridgehead atoms. The lowest BCUT2D eigenvalue weighted by molar-refractivity contribution is 0.629. The molecule has 4 heteroatoms. The van der Waals surface area contributed by atoms with Gasteiger partial charge in [-0.05, 0) is 56.5 Å². The molecule has 0 unspecified atom stereocenters. The van der Waals surface area contributed by atoms with E-state index in [1.165, 1.54) is 6.07 Å². The molecule has 0 aliphatic heterocycles. The van der Waals surface area contributed by atoms with E-state index in [4.69, 9.17) is 4.98 Å². The number of aromatic nitrogens is 1. The maximum Gasteiger partial charge on any atom is 0.133 e. The summed E-state index contributed by atoms with van der Waals surface area (Å²) in [5, 5.41) is 0. The lowest BCUT2D eigenvalue weighted by Gasteiger charge is -2.11. The zero-order valence-corrected chi connectivity index (χ0v) is 16.8. The lowest BCUT2D eigenvalue weighted by atomic mass is 10.0. The van der Waals surface area contributed by atoms with Crippen molar-refractivity contribution in [2.24, 2.45) is 4.99 Å². The fourth-order valence-corrected chi connectivity index (χ4v) is 2.95. The van der Waals surface area contributed by atoms with E-state index in [9.17, 15) is 4.39 Å². The summed E-state index contributed by atoms with van der Waals surface area (Å²) in [7, 11) is 0. The Kier molecular flexibility index (Phi) is 7.06. The van der Waals surface area contributed by atoms with Crippen LogP contribution in [-0.4, -0.2) is 17.2 Å². The van der Waals surface area contributed by atoms with Crippen molar-refractivity contribution in [1.82, 2.24) is 4.98 Å². The van der Waals surface area contributed by atoms with Crippen LogP contribution in [0.25, 0.3) is 16.8 Å². The first-order chi connectivity index (χ1) is 12.0. The number of nitrogens with zero attached hydrogens (tertiary/aromatic N) is 2. The van der Waals surface area contributed by atoms with E-state index in [0.717, 1.165) is 29.7 Å². The standard InChI is InChI=1S/C21H24BrFN2/c1-5-15(13-24-17(6-2)7-3)20-11-8-14(4)21(25-20)18-10-9-16(22)12-19(18)23/h5,8-13,17H,6-7H2,1-4H3. The average Bonchev–Trinajstić information content (AvgIpc) is 2.60. The van der Waals surface area contributed by atoms with Gasteiger partial charge in [0.05, 0.1) is 11.4 Å². The fourth-order valence-electron chi connectivity index (χ4n) is 2.62. The van der Waals surface area contributed by atoms with Crippen LogP contribution < -0.4 is 0 Å². The number of pyridine rings is 1. The molecule has 2 nitrogen and oxygen atoms in total. The van der Waals surface area contributed by atoms with Gasteiger partial charge in [0.2, 0.25) is 0 Å². The van der Waals surface area contributed by atoms with Gasteiger partial charge in [0.15, 0.2) is 0 Å². The summed E-state index contributed by atoms with van der Waals surface area (Å²) in [5.41, 5.74) is 3.87. The average molecular weight is 403 g/mol. The topological polar surface area (TPSA) is 25.2 Å². The molecule has 0 N–H and O–H groups in total. The Balaban J connectivity index is 2.44. The van der Waals surface area contributed by atoms with Crippen LogP contribution in [0.15, 0.2) is 45.9 Å². The van der Waals surface area contributed by atoms with E-state index in [1.54, 1.807) is 6.07 Å². The number of hydrogen-bond acceptors (Lipinski definition) is 2. The van der Waals surface area contributed by atoms with E-state index in [2.05, 4.69) is 34.8 Å². The monoisotopic (exact) mass is 402 g/mol. The first-order valence-corrected chi connectivity index (χ1v) is 9.42. The van der Waals surface area contributed by atoms with E-state index in [0.29, 0.717) is 21.8 Å². The summed E-state index contributed by atoms with van der Waals surface area (Å²) < 4.78 is 15.1. The molecule has 1 aromatic heterocycles. The molecular formula is C21H24BrFN2. The van der Waals surface area contributed by atoms with Crippen molar-refractivity contribution >= 4 is 27.7 Å². The van der Waals surface area contributed by atoms with Gasteiger partial charge < -0.3 is 0 Å². The molecule has 0 spiro atoms. The Hall–Kier alpha value is -1.81. The third-order valence-corrected chi connectivity index (χ3v) is 4.75. The van der Waals surface area contributed by atoms with Crippen molar-refractivity contribution in [2.75, 3.05) is 0 Å². The van der Waals surface area contributed by atoms with Crippen molar-refractivity contribution in [3.8, 4) is 11.3 Å². The van der Waals surface area contributed by atoms with Crippen LogP contribution in [-0.2, 0) is 0 Å². The molecule has 1 aromatic carbocycles. The molecule has 0 aliphatic rings. The molecular weight excluding hydrogens is 379 g/mol. The number of halogens is 2. The van der Waals surface area contributed by atoms with Crippen LogP contribution in [0, 0.1) is 12.7 Å². The van der Waals surface area contributed by atoms with Gasteiger partial charge in [-0.25, -0.2) is 9.37 Å². The second-order valence-corrected chi connectivity index (χ2v) is 6.89. The van der Waals surface area contributed by atoms with Gasteiger partial charge in [0.1, 0.15) is 5.82 Å². The van der Waals surface area contributed by atoms with Crippen molar-refractivity contribution in [3.63, 3.8) is 0 Å². The predicted octanol–water partition coefficient (Wildman–Crippen LogP) is 6.62. The van der Waals surface area contributed by atoms with Crippen molar-refractivity contribution in [2.45, 2.75) is 46.6 Å². The Morgan fingerprint density at radius 2 is 1.96 bits per heavy atom. The lowest BCUT2D eigenvalue weighted by Crippen LogP contribution is -2.02. The molecule has 0 fully saturated rings.